The van der Waals surface area contributed by atoms with E-state index in [1.165, 1.54) is 5.56 Å². The zero-order valence-corrected chi connectivity index (χ0v) is 16.8. The van der Waals surface area contributed by atoms with Gasteiger partial charge in [0.1, 0.15) is 0 Å². The van der Waals surface area contributed by atoms with Gasteiger partial charge in [0.25, 0.3) is 0 Å². The number of rotatable bonds is 5. The molecular weight excluding hydrogens is 372 g/mol. The molecule has 0 spiro atoms. The van der Waals surface area contributed by atoms with E-state index in [9.17, 15) is 4.79 Å². The number of amides is 1. The van der Waals surface area contributed by atoms with E-state index in [0.717, 1.165) is 49.2 Å². The summed E-state index contributed by atoms with van der Waals surface area (Å²) in [5.41, 5.74) is 8.50. The average Bonchev–Trinajstić information content (AvgIpc) is 3.09. The highest BCUT2D eigenvalue weighted by Gasteiger charge is 2.42. The molecule has 4 rings (SSSR count). The molecule has 0 radical (unpaired) electrons. The topological polar surface area (TPSA) is 72.1 Å². The molecule has 1 aromatic heterocycles. The van der Waals surface area contributed by atoms with Crippen molar-refractivity contribution in [3.8, 4) is 0 Å². The van der Waals surface area contributed by atoms with Crippen LogP contribution >= 0.6 is 11.6 Å². The fourth-order valence-electron chi connectivity index (χ4n) is 5.01. The molecule has 1 amide bonds. The Balaban J connectivity index is 1.40. The van der Waals surface area contributed by atoms with E-state index in [4.69, 9.17) is 17.3 Å². The van der Waals surface area contributed by atoms with Crippen LogP contribution in [-0.4, -0.2) is 34.1 Å². The minimum absolute atomic E-state index is 0.00849. The minimum Gasteiger partial charge on any atom is -0.338 e. The van der Waals surface area contributed by atoms with Crippen molar-refractivity contribution in [1.82, 2.24) is 15.1 Å². The van der Waals surface area contributed by atoms with E-state index in [-0.39, 0.29) is 11.3 Å². The Morgan fingerprint density at radius 3 is 2.68 bits per heavy atom. The summed E-state index contributed by atoms with van der Waals surface area (Å²) in [6.45, 7) is 2.09. The fraction of sp³-hybridized carbons (Fsp3) is 0.500. The molecule has 2 N–H and O–H groups in total. The second-order valence-corrected chi connectivity index (χ2v) is 8.67. The molecule has 2 aromatic rings. The van der Waals surface area contributed by atoms with Crippen molar-refractivity contribution in [2.75, 3.05) is 13.1 Å². The van der Waals surface area contributed by atoms with Crippen LogP contribution in [0.5, 0.6) is 0 Å². The Hall–Kier alpha value is -1.98. The number of benzene rings is 1. The summed E-state index contributed by atoms with van der Waals surface area (Å²) in [6, 6.07) is 10.0. The summed E-state index contributed by atoms with van der Waals surface area (Å²) in [5, 5.41) is 8.48. The van der Waals surface area contributed by atoms with Crippen LogP contribution in [0.25, 0.3) is 0 Å². The van der Waals surface area contributed by atoms with Gasteiger partial charge in [0.05, 0.1) is 6.20 Å². The number of nitrogens with zero attached hydrogens (tertiary/aromatic N) is 3. The predicted molar refractivity (Wildman–Crippen MR) is 110 cm³/mol. The maximum absolute atomic E-state index is 13.0. The normalized spacial score (nSPS) is 27.9. The van der Waals surface area contributed by atoms with Crippen molar-refractivity contribution in [2.24, 2.45) is 17.6 Å². The Morgan fingerprint density at radius 2 is 2.00 bits per heavy atom. The molecule has 1 saturated heterocycles. The lowest BCUT2D eigenvalue weighted by Crippen LogP contribution is -2.41. The van der Waals surface area contributed by atoms with Gasteiger partial charge in [-0.1, -0.05) is 23.7 Å². The number of carbonyl (C=O) groups is 1. The number of nitrogens with two attached hydrogens (primary N) is 1. The first-order chi connectivity index (χ1) is 13.6. The highest BCUT2D eigenvalue weighted by molar-refractivity contribution is 6.30. The van der Waals surface area contributed by atoms with Crippen LogP contribution in [0.2, 0.25) is 5.02 Å². The van der Waals surface area contributed by atoms with Crippen LogP contribution in [-0.2, 0) is 16.8 Å². The van der Waals surface area contributed by atoms with Gasteiger partial charge in [-0.15, -0.1) is 0 Å². The molecule has 1 aromatic carbocycles. The lowest BCUT2D eigenvalue weighted by atomic mass is 9.64. The molecular formula is C22H27ClN4O. The molecule has 0 bridgehead atoms. The van der Waals surface area contributed by atoms with Gasteiger partial charge >= 0.3 is 0 Å². The van der Waals surface area contributed by atoms with E-state index in [0.29, 0.717) is 24.9 Å². The number of carbonyl (C=O) groups excluding carboxylic acids is 1. The monoisotopic (exact) mass is 398 g/mol. The van der Waals surface area contributed by atoms with Gasteiger partial charge in [-0.3, -0.25) is 4.79 Å². The van der Waals surface area contributed by atoms with Crippen LogP contribution in [0.1, 0.15) is 43.2 Å². The number of likely N-dealkylation sites (tertiary alicyclic amines) is 1. The number of hydrogen-bond donors (Lipinski definition) is 1. The number of halogens is 1. The predicted octanol–water partition coefficient (Wildman–Crippen LogP) is 3.57. The summed E-state index contributed by atoms with van der Waals surface area (Å²) in [5.74, 6) is 0.890. The van der Waals surface area contributed by atoms with Crippen molar-refractivity contribution in [2.45, 2.75) is 44.1 Å². The van der Waals surface area contributed by atoms with E-state index in [1.807, 2.05) is 23.1 Å². The fourth-order valence-corrected chi connectivity index (χ4v) is 5.20. The van der Waals surface area contributed by atoms with Gasteiger partial charge in [-0.25, -0.2) is 0 Å². The molecule has 5 nitrogen and oxygen atoms in total. The van der Waals surface area contributed by atoms with Gasteiger partial charge in [0.2, 0.25) is 5.91 Å². The van der Waals surface area contributed by atoms with Gasteiger partial charge in [-0.05, 0) is 67.3 Å². The summed E-state index contributed by atoms with van der Waals surface area (Å²) < 4.78 is 0. The van der Waals surface area contributed by atoms with Crippen molar-refractivity contribution >= 4 is 17.5 Å². The third kappa shape index (κ3) is 3.78. The highest BCUT2D eigenvalue weighted by Crippen LogP contribution is 2.45. The second-order valence-electron chi connectivity index (χ2n) is 8.24. The number of hydrogen-bond acceptors (Lipinski definition) is 4. The van der Waals surface area contributed by atoms with Crippen molar-refractivity contribution in [1.29, 1.82) is 0 Å². The Bertz CT molecular complexity index is 820. The third-order valence-corrected chi connectivity index (χ3v) is 6.98. The molecule has 28 heavy (non-hydrogen) atoms. The molecule has 2 aliphatic rings. The molecule has 148 valence electrons. The molecule has 1 unspecified atom stereocenters. The first-order valence-electron chi connectivity index (χ1n) is 10.1. The summed E-state index contributed by atoms with van der Waals surface area (Å²) in [7, 11) is 0. The third-order valence-electron chi connectivity index (χ3n) is 6.74. The molecule has 1 saturated carbocycles. The van der Waals surface area contributed by atoms with Gasteiger partial charge in [0.15, 0.2) is 0 Å². The molecule has 1 atom stereocenters. The van der Waals surface area contributed by atoms with E-state index in [2.05, 4.69) is 22.3 Å². The SMILES string of the molecule is NCC1(c2cccc(Cl)c2)CCC(C2CCN(Cc3ccnnc3)C2=O)CC1. The van der Waals surface area contributed by atoms with Crippen LogP contribution in [0.3, 0.4) is 0 Å². The van der Waals surface area contributed by atoms with Crippen LogP contribution in [0.4, 0.5) is 0 Å². The average molecular weight is 399 g/mol. The molecule has 1 aliphatic carbocycles. The van der Waals surface area contributed by atoms with Crippen LogP contribution < -0.4 is 5.73 Å². The van der Waals surface area contributed by atoms with Crippen molar-refractivity contribution in [3.05, 3.63) is 58.9 Å². The summed E-state index contributed by atoms with van der Waals surface area (Å²) >= 11 is 6.22. The number of aromatic nitrogens is 2. The molecule has 6 heteroatoms. The van der Waals surface area contributed by atoms with E-state index < -0.39 is 0 Å². The summed E-state index contributed by atoms with van der Waals surface area (Å²) in [4.78, 5) is 15.0. The lowest BCUT2D eigenvalue weighted by molar-refractivity contribution is -0.133. The lowest BCUT2D eigenvalue weighted by Gasteiger charge is -2.41. The van der Waals surface area contributed by atoms with Crippen LogP contribution in [0.15, 0.2) is 42.7 Å². The van der Waals surface area contributed by atoms with Crippen molar-refractivity contribution < 1.29 is 4.79 Å². The van der Waals surface area contributed by atoms with Gasteiger partial charge in [0, 0.05) is 42.2 Å². The maximum Gasteiger partial charge on any atom is 0.226 e. The Kier molecular flexibility index (Phi) is 5.65. The standard InChI is InChI=1S/C22H27ClN4O/c23-19-3-1-2-18(12-19)22(15-24)8-4-17(5-9-22)20-7-11-27(21(20)28)14-16-6-10-25-26-13-16/h1-3,6,10,12-13,17,20H,4-5,7-9,11,14-15,24H2. The van der Waals surface area contributed by atoms with E-state index in [1.54, 1.807) is 12.4 Å². The second kappa shape index (κ2) is 8.18. The summed E-state index contributed by atoms with van der Waals surface area (Å²) in [6.07, 6.45) is 8.50. The Labute approximate surface area is 171 Å². The maximum atomic E-state index is 13.0. The zero-order valence-electron chi connectivity index (χ0n) is 16.1. The van der Waals surface area contributed by atoms with Crippen LogP contribution in [0, 0.1) is 11.8 Å². The smallest absolute Gasteiger partial charge is 0.226 e. The molecule has 1 aliphatic heterocycles. The largest absolute Gasteiger partial charge is 0.338 e. The quantitative estimate of drug-likeness (QED) is 0.835. The zero-order chi connectivity index (χ0) is 19.6. The van der Waals surface area contributed by atoms with Gasteiger partial charge in [-0.2, -0.15) is 10.2 Å². The van der Waals surface area contributed by atoms with E-state index >= 15 is 0 Å². The molecule has 2 heterocycles. The van der Waals surface area contributed by atoms with Gasteiger partial charge < -0.3 is 10.6 Å². The Morgan fingerprint density at radius 1 is 1.18 bits per heavy atom. The first kappa shape index (κ1) is 19.3. The highest BCUT2D eigenvalue weighted by atomic mass is 35.5. The van der Waals surface area contributed by atoms with Crippen molar-refractivity contribution in [3.63, 3.8) is 0 Å². The molecule has 2 fully saturated rings. The minimum atomic E-state index is -0.00849. The first-order valence-corrected chi connectivity index (χ1v) is 10.5.